The molecule has 1 aromatic carbocycles. The van der Waals surface area contributed by atoms with Crippen molar-refractivity contribution in [1.82, 2.24) is 4.98 Å². The molecule has 0 saturated heterocycles. The number of pyridine rings is 1. The van der Waals surface area contributed by atoms with Crippen LogP contribution in [0.25, 0.3) is 0 Å². The quantitative estimate of drug-likeness (QED) is 0.750. The van der Waals surface area contributed by atoms with Crippen molar-refractivity contribution in [3.05, 3.63) is 59.4 Å². The van der Waals surface area contributed by atoms with Crippen LogP contribution in [0.1, 0.15) is 21.6 Å². The Morgan fingerprint density at radius 1 is 1.21 bits per heavy atom. The summed E-state index contributed by atoms with van der Waals surface area (Å²) in [6.07, 6.45) is 1.55. The predicted octanol–water partition coefficient (Wildman–Crippen LogP) is 1.25. The molecule has 1 heterocycles. The van der Waals surface area contributed by atoms with Crippen molar-refractivity contribution in [3.8, 4) is 0 Å². The summed E-state index contributed by atoms with van der Waals surface area (Å²) in [5.41, 5.74) is 14.1. The zero-order valence-electron chi connectivity index (χ0n) is 10.5. The van der Waals surface area contributed by atoms with Crippen molar-refractivity contribution in [1.29, 1.82) is 0 Å². The molecular weight excluding hydrogens is 240 g/mol. The fourth-order valence-corrected chi connectivity index (χ4v) is 1.75. The summed E-state index contributed by atoms with van der Waals surface area (Å²) in [6, 6.07) is 11.4. The van der Waals surface area contributed by atoms with Crippen LogP contribution in [0.4, 0.5) is 5.69 Å². The smallest absolute Gasteiger partial charge is 0.267 e. The van der Waals surface area contributed by atoms with E-state index in [0.29, 0.717) is 13.1 Å². The van der Waals surface area contributed by atoms with E-state index >= 15 is 0 Å². The molecule has 0 spiro atoms. The number of nitrogens with zero attached hydrogens (tertiary/aromatic N) is 1. The average Bonchev–Trinajstić information content (AvgIpc) is 2.45. The van der Waals surface area contributed by atoms with E-state index in [4.69, 9.17) is 11.5 Å². The normalized spacial score (nSPS) is 10.2. The molecule has 0 aliphatic carbocycles. The van der Waals surface area contributed by atoms with Crippen LogP contribution in [-0.2, 0) is 13.1 Å². The van der Waals surface area contributed by atoms with Crippen LogP contribution in [0, 0.1) is 0 Å². The number of rotatable bonds is 5. The third-order valence-corrected chi connectivity index (χ3v) is 2.74. The molecular formula is C14H16N4O. The number of carbonyl (C=O) groups excluding carboxylic acids is 1. The fraction of sp³-hybridized carbons (Fsp3) is 0.143. The lowest BCUT2D eigenvalue weighted by molar-refractivity contribution is 0.0995. The number of benzene rings is 1. The summed E-state index contributed by atoms with van der Waals surface area (Å²) in [5, 5.41) is 3.22. The second-order valence-corrected chi connectivity index (χ2v) is 4.17. The first-order valence-corrected chi connectivity index (χ1v) is 5.96. The van der Waals surface area contributed by atoms with Gasteiger partial charge in [0.15, 0.2) is 0 Å². The highest BCUT2D eigenvalue weighted by Crippen LogP contribution is 2.11. The minimum Gasteiger partial charge on any atom is -0.381 e. The maximum Gasteiger partial charge on any atom is 0.267 e. The van der Waals surface area contributed by atoms with E-state index in [-0.39, 0.29) is 5.69 Å². The Morgan fingerprint density at radius 3 is 2.74 bits per heavy atom. The monoisotopic (exact) mass is 256 g/mol. The first kappa shape index (κ1) is 13.0. The molecule has 5 heteroatoms. The Bertz CT molecular complexity index is 583. The van der Waals surface area contributed by atoms with Crippen molar-refractivity contribution in [2.45, 2.75) is 13.1 Å². The lowest BCUT2D eigenvalue weighted by Gasteiger charge is -2.08. The Balaban J connectivity index is 2.05. The number of anilines is 1. The first-order chi connectivity index (χ1) is 9.19. The number of hydrogen-bond acceptors (Lipinski definition) is 4. The number of aromatic nitrogens is 1. The Morgan fingerprint density at radius 2 is 2.00 bits per heavy atom. The highest BCUT2D eigenvalue weighted by atomic mass is 16.1. The van der Waals surface area contributed by atoms with E-state index in [1.807, 2.05) is 24.3 Å². The van der Waals surface area contributed by atoms with Crippen molar-refractivity contribution in [2.24, 2.45) is 11.5 Å². The number of amides is 1. The summed E-state index contributed by atoms with van der Waals surface area (Å²) >= 11 is 0. The Kier molecular flexibility index (Phi) is 4.10. The first-order valence-electron chi connectivity index (χ1n) is 5.96. The van der Waals surface area contributed by atoms with Crippen LogP contribution < -0.4 is 16.8 Å². The maximum absolute atomic E-state index is 11.0. The van der Waals surface area contributed by atoms with Crippen molar-refractivity contribution in [3.63, 3.8) is 0 Å². The molecule has 0 fully saturated rings. The van der Waals surface area contributed by atoms with E-state index in [1.165, 1.54) is 0 Å². The van der Waals surface area contributed by atoms with Crippen LogP contribution in [-0.4, -0.2) is 10.9 Å². The third kappa shape index (κ3) is 3.53. The van der Waals surface area contributed by atoms with Crippen LogP contribution in [0.2, 0.25) is 0 Å². The van der Waals surface area contributed by atoms with E-state index < -0.39 is 5.91 Å². The van der Waals surface area contributed by atoms with Gasteiger partial charge in [-0.3, -0.25) is 9.78 Å². The van der Waals surface area contributed by atoms with E-state index in [1.54, 1.807) is 18.3 Å². The molecule has 2 rings (SSSR count). The van der Waals surface area contributed by atoms with Crippen LogP contribution >= 0.6 is 0 Å². The minimum absolute atomic E-state index is 0.251. The van der Waals surface area contributed by atoms with E-state index in [0.717, 1.165) is 16.8 Å². The lowest BCUT2D eigenvalue weighted by atomic mass is 10.1. The average molecular weight is 256 g/mol. The number of primary amides is 1. The van der Waals surface area contributed by atoms with E-state index in [2.05, 4.69) is 10.3 Å². The third-order valence-electron chi connectivity index (χ3n) is 2.74. The fourth-order valence-electron chi connectivity index (χ4n) is 1.75. The molecule has 0 atom stereocenters. The van der Waals surface area contributed by atoms with Gasteiger partial charge in [0, 0.05) is 25.0 Å². The van der Waals surface area contributed by atoms with Crippen LogP contribution in [0.5, 0.6) is 0 Å². The zero-order chi connectivity index (χ0) is 13.7. The molecule has 0 bridgehead atoms. The molecule has 2 aromatic rings. The van der Waals surface area contributed by atoms with Crippen molar-refractivity contribution < 1.29 is 4.79 Å². The highest BCUT2D eigenvalue weighted by molar-refractivity contribution is 5.91. The molecule has 0 saturated carbocycles. The molecule has 5 nitrogen and oxygen atoms in total. The van der Waals surface area contributed by atoms with Gasteiger partial charge < -0.3 is 16.8 Å². The van der Waals surface area contributed by atoms with Crippen LogP contribution in [0.15, 0.2) is 42.6 Å². The summed E-state index contributed by atoms with van der Waals surface area (Å²) in [4.78, 5) is 14.9. The lowest BCUT2D eigenvalue weighted by Crippen LogP contribution is -2.13. The van der Waals surface area contributed by atoms with Gasteiger partial charge in [-0.15, -0.1) is 0 Å². The highest BCUT2D eigenvalue weighted by Gasteiger charge is 2.02. The van der Waals surface area contributed by atoms with Gasteiger partial charge >= 0.3 is 0 Å². The molecule has 1 amide bonds. The van der Waals surface area contributed by atoms with Gasteiger partial charge in [-0.25, -0.2) is 0 Å². The Labute approximate surface area is 111 Å². The molecule has 0 radical (unpaired) electrons. The van der Waals surface area contributed by atoms with Gasteiger partial charge in [0.1, 0.15) is 5.69 Å². The predicted molar refractivity (Wildman–Crippen MR) is 74.4 cm³/mol. The number of nitrogens with two attached hydrogens (primary N) is 2. The molecule has 0 aliphatic heterocycles. The van der Waals surface area contributed by atoms with Crippen molar-refractivity contribution in [2.75, 3.05) is 5.32 Å². The standard InChI is InChI=1S/C14H16N4O/c15-8-10-2-1-3-11(6-10)9-18-12-4-5-17-13(7-12)14(16)19/h1-7H,8-9,15H2,(H2,16,19)(H,17,18). The second-order valence-electron chi connectivity index (χ2n) is 4.17. The van der Waals surface area contributed by atoms with Crippen molar-refractivity contribution >= 4 is 11.6 Å². The molecule has 19 heavy (non-hydrogen) atoms. The largest absolute Gasteiger partial charge is 0.381 e. The topological polar surface area (TPSA) is 94.0 Å². The number of hydrogen-bond donors (Lipinski definition) is 3. The van der Waals surface area contributed by atoms with Crippen LogP contribution in [0.3, 0.4) is 0 Å². The summed E-state index contributed by atoms with van der Waals surface area (Å²) in [7, 11) is 0. The molecule has 1 aromatic heterocycles. The summed E-state index contributed by atoms with van der Waals surface area (Å²) in [6.45, 7) is 1.17. The van der Waals surface area contributed by atoms with Gasteiger partial charge in [0.2, 0.25) is 0 Å². The molecule has 5 N–H and O–H groups in total. The van der Waals surface area contributed by atoms with Gasteiger partial charge in [-0.2, -0.15) is 0 Å². The molecule has 0 unspecified atom stereocenters. The van der Waals surface area contributed by atoms with Gasteiger partial charge in [0.05, 0.1) is 0 Å². The SMILES string of the molecule is NCc1cccc(CNc2ccnc(C(N)=O)c2)c1. The number of carbonyl (C=O) groups is 1. The molecule has 98 valence electrons. The summed E-state index contributed by atoms with van der Waals surface area (Å²) in [5.74, 6) is -0.534. The molecule has 0 aliphatic rings. The van der Waals surface area contributed by atoms with Gasteiger partial charge in [0.25, 0.3) is 5.91 Å². The maximum atomic E-state index is 11.0. The zero-order valence-corrected chi connectivity index (χ0v) is 10.5. The Hall–Kier alpha value is -2.40. The second kappa shape index (κ2) is 5.97. The van der Waals surface area contributed by atoms with E-state index in [9.17, 15) is 4.79 Å². The summed E-state index contributed by atoms with van der Waals surface area (Å²) < 4.78 is 0. The number of nitrogens with one attached hydrogen (secondary N) is 1. The van der Waals surface area contributed by atoms with Gasteiger partial charge in [-0.05, 0) is 23.3 Å². The van der Waals surface area contributed by atoms with Gasteiger partial charge in [-0.1, -0.05) is 24.3 Å². The minimum atomic E-state index is -0.534.